The van der Waals surface area contributed by atoms with Crippen LogP contribution in [-0.2, 0) is 33.2 Å². The maximum atomic E-state index is 12.9. The summed E-state index contributed by atoms with van der Waals surface area (Å²) in [7, 11) is 0. The number of carbonyl (C=O) groups excluding carboxylic acids is 1. The van der Waals surface area contributed by atoms with E-state index in [1.165, 1.54) is 96.3 Å². The van der Waals surface area contributed by atoms with Crippen molar-refractivity contribution in [2.45, 2.75) is 248 Å². The fourth-order valence-corrected chi connectivity index (χ4v) is 7.94. The third-order valence-corrected chi connectivity index (χ3v) is 12.2. The summed E-state index contributed by atoms with van der Waals surface area (Å²) in [6.45, 7) is 3.63. The molecule has 0 aromatic rings. The van der Waals surface area contributed by atoms with Crippen molar-refractivity contribution < 1.29 is 69.0 Å². The van der Waals surface area contributed by atoms with E-state index in [1.54, 1.807) is 0 Å². The Morgan fingerprint density at radius 1 is 0.508 bits per heavy atom. The lowest BCUT2D eigenvalue weighted by molar-refractivity contribution is -0.332. The summed E-state index contributed by atoms with van der Waals surface area (Å²) in [5.41, 5.74) is 0. The molecule has 7 N–H and O–H groups in total. The molecule has 2 saturated heterocycles. The second kappa shape index (κ2) is 39.1. The molecule has 0 bridgehead atoms. The van der Waals surface area contributed by atoms with Crippen LogP contribution in [-0.4, -0.2) is 142 Å². The first-order chi connectivity index (χ1) is 31.6. The van der Waals surface area contributed by atoms with Gasteiger partial charge in [-0.2, -0.15) is 0 Å². The summed E-state index contributed by atoms with van der Waals surface area (Å²) in [5.74, 6) is -0.383. The quantitative estimate of drug-likeness (QED) is 0.0181. The predicted octanol–water partition coefficient (Wildman–Crippen LogP) is 7.41. The summed E-state index contributed by atoms with van der Waals surface area (Å²) < 4.78 is 34.2. The van der Waals surface area contributed by atoms with Crippen molar-refractivity contribution >= 4 is 5.97 Å². The van der Waals surface area contributed by atoms with Crippen LogP contribution in [0.3, 0.4) is 0 Å². The lowest BCUT2D eigenvalue weighted by atomic mass is 9.98. The highest BCUT2D eigenvalue weighted by molar-refractivity contribution is 5.69. The average Bonchev–Trinajstić information content (AvgIpc) is 3.30. The van der Waals surface area contributed by atoms with Crippen LogP contribution in [0.2, 0.25) is 0 Å². The minimum Gasteiger partial charge on any atom is -0.457 e. The highest BCUT2D eigenvalue weighted by Gasteiger charge is 2.47. The number of carbonyl (C=O) groups is 1. The molecule has 0 aromatic carbocycles. The number of aliphatic hydroxyl groups excluding tert-OH is 7. The van der Waals surface area contributed by atoms with E-state index in [0.717, 1.165) is 57.8 Å². The molecule has 14 heteroatoms. The fourth-order valence-electron chi connectivity index (χ4n) is 7.94. The van der Waals surface area contributed by atoms with Gasteiger partial charge in [-0.1, -0.05) is 159 Å². The van der Waals surface area contributed by atoms with Crippen molar-refractivity contribution in [2.24, 2.45) is 0 Å². The van der Waals surface area contributed by atoms with Gasteiger partial charge in [0.2, 0.25) is 0 Å². The number of unbranched alkanes of at least 4 members (excludes halogenated alkanes) is 20. The van der Waals surface area contributed by atoms with Gasteiger partial charge in [0.25, 0.3) is 0 Å². The molecule has 0 amide bonds. The zero-order valence-corrected chi connectivity index (χ0v) is 40.2. The predicted molar refractivity (Wildman–Crippen MR) is 252 cm³/mol. The van der Waals surface area contributed by atoms with Crippen molar-refractivity contribution in [2.75, 3.05) is 33.0 Å². The molecule has 0 aliphatic carbocycles. The topological polar surface area (TPSA) is 214 Å². The normalized spacial score (nSPS) is 26.8. The first-order valence-electron chi connectivity index (χ1n) is 25.6. The summed E-state index contributed by atoms with van der Waals surface area (Å²) in [5, 5.41) is 72.0. The Morgan fingerprint density at radius 2 is 0.954 bits per heavy atom. The van der Waals surface area contributed by atoms with E-state index in [1.807, 2.05) is 0 Å². The third kappa shape index (κ3) is 27.1. The van der Waals surface area contributed by atoms with Crippen molar-refractivity contribution in [3.63, 3.8) is 0 Å². The van der Waals surface area contributed by atoms with Crippen LogP contribution in [0, 0.1) is 0 Å². The van der Waals surface area contributed by atoms with E-state index < -0.39 is 80.7 Å². The second-order valence-corrected chi connectivity index (χ2v) is 18.0. The van der Waals surface area contributed by atoms with Crippen molar-refractivity contribution in [3.8, 4) is 0 Å². The molecule has 0 spiro atoms. The van der Waals surface area contributed by atoms with Gasteiger partial charge in [-0.25, -0.2) is 0 Å². The van der Waals surface area contributed by atoms with Gasteiger partial charge in [0.05, 0.1) is 26.4 Å². The summed E-state index contributed by atoms with van der Waals surface area (Å²) >= 11 is 0. The molecule has 2 aliphatic heterocycles. The molecule has 11 atom stereocenters. The number of rotatable bonds is 40. The van der Waals surface area contributed by atoms with Gasteiger partial charge in [-0.15, -0.1) is 0 Å². The van der Waals surface area contributed by atoms with Crippen LogP contribution in [0.5, 0.6) is 0 Å². The smallest absolute Gasteiger partial charge is 0.306 e. The number of aliphatic hydroxyl groups is 7. The van der Waals surface area contributed by atoms with Gasteiger partial charge in [-0.3, -0.25) is 4.79 Å². The Balaban J connectivity index is 1.72. The SMILES string of the molecule is CCCCCCC/C=C\C/C=C\C/C=C\CCCCCCCCCOCC(COC1OC(COC2OC(CO)C(O)C(O)C2O)C(O)C(O)C1O)OC(=O)CCCCCCCCCCC. The molecule has 2 heterocycles. The van der Waals surface area contributed by atoms with Crippen LogP contribution in [0.25, 0.3) is 0 Å². The van der Waals surface area contributed by atoms with E-state index in [0.29, 0.717) is 13.0 Å². The lowest BCUT2D eigenvalue weighted by Gasteiger charge is -2.42. The Morgan fingerprint density at radius 3 is 1.49 bits per heavy atom. The van der Waals surface area contributed by atoms with Gasteiger partial charge in [0.15, 0.2) is 12.6 Å². The first kappa shape index (κ1) is 59.3. The fraction of sp³-hybridized carbons (Fsp3) is 0.863. The minimum atomic E-state index is -1.71. The van der Waals surface area contributed by atoms with Gasteiger partial charge in [0.1, 0.15) is 54.9 Å². The average molecular weight is 929 g/mol. The molecule has 2 fully saturated rings. The summed E-state index contributed by atoms with van der Waals surface area (Å²) in [4.78, 5) is 12.9. The molecule has 2 aliphatic rings. The van der Waals surface area contributed by atoms with Crippen LogP contribution in [0.1, 0.15) is 181 Å². The van der Waals surface area contributed by atoms with Gasteiger partial charge >= 0.3 is 5.97 Å². The van der Waals surface area contributed by atoms with Crippen molar-refractivity contribution in [3.05, 3.63) is 36.5 Å². The molecule has 65 heavy (non-hydrogen) atoms. The Bertz CT molecular complexity index is 1220. The van der Waals surface area contributed by atoms with E-state index in [9.17, 15) is 40.5 Å². The number of hydrogen-bond donors (Lipinski definition) is 7. The Hall–Kier alpha value is -1.79. The van der Waals surface area contributed by atoms with Gasteiger partial charge in [-0.05, 0) is 51.4 Å². The number of ether oxygens (including phenoxy) is 6. The van der Waals surface area contributed by atoms with Crippen molar-refractivity contribution in [1.82, 2.24) is 0 Å². The Kier molecular flexibility index (Phi) is 35.7. The monoisotopic (exact) mass is 929 g/mol. The maximum Gasteiger partial charge on any atom is 0.306 e. The van der Waals surface area contributed by atoms with Crippen molar-refractivity contribution in [1.29, 1.82) is 0 Å². The van der Waals surface area contributed by atoms with Gasteiger partial charge in [0, 0.05) is 13.0 Å². The molecule has 0 saturated carbocycles. The third-order valence-electron chi connectivity index (χ3n) is 12.2. The molecule has 0 aromatic heterocycles. The van der Waals surface area contributed by atoms with E-state index in [2.05, 4.69) is 50.3 Å². The maximum absolute atomic E-state index is 12.9. The largest absolute Gasteiger partial charge is 0.457 e. The molecule has 11 unspecified atom stereocenters. The van der Waals surface area contributed by atoms with Gasteiger partial charge < -0.3 is 64.2 Å². The first-order valence-corrected chi connectivity index (χ1v) is 25.6. The highest BCUT2D eigenvalue weighted by Crippen LogP contribution is 2.26. The van der Waals surface area contributed by atoms with E-state index in [-0.39, 0.29) is 25.6 Å². The van der Waals surface area contributed by atoms with E-state index >= 15 is 0 Å². The number of allylic oxidation sites excluding steroid dienone is 6. The molecule has 14 nitrogen and oxygen atoms in total. The lowest BCUT2D eigenvalue weighted by Crippen LogP contribution is -2.61. The van der Waals surface area contributed by atoms with Crippen LogP contribution in [0.15, 0.2) is 36.5 Å². The van der Waals surface area contributed by atoms with E-state index in [4.69, 9.17) is 28.4 Å². The van der Waals surface area contributed by atoms with Crippen LogP contribution >= 0.6 is 0 Å². The second-order valence-electron chi connectivity index (χ2n) is 18.0. The molecular formula is C51H92O14. The molecule has 2 rings (SSSR count). The molecular weight excluding hydrogens is 837 g/mol. The molecule has 380 valence electrons. The standard InChI is InChI=1S/C51H92O14/c1-3-5-7-9-11-13-14-15-16-17-18-19-20-21-22-23-24-25-27-29-31-33-35-60-37-40(63-43(53)34-32-30-28-26-12-10-8-6-4-2)38-61-50-49(59)47(57)45(55)42(65-50)39-62-51-48(58)46(56)44(54)41(36-52)64-51/h14-15,17-18,20-21,40-42,44-52,54-59H,3-13,16,19,22-39H2,1-2H3/b15-14-,18-17-,21-20-. The number of esters is 1. The zero-order valence-electron chi connectivity index (χ0n) is 40.2. The minimum absolute atomic E-state index is 0.0563. The number of hydrogen-bond acceptors (Lipinski definition) is 14. The zero-order chi connectivity index (χ0) is 47.3. The highest BCUT2D eigenvalue weighted by atomic mass is 16.7. The summed E-state index contributed by atoms with van der Waals surface area (Å²) in [6, 6.07) is 0. The molecule has 0 radical (unpaired) electrons. The van der Waals surface area contributed by atoms with Crippen LogP contribution in [0.4, 0.5) is 0 Å². The van der Waals surface area contributed by atoms with Crippen LogP contribution < -0.4 is 0 Å². The Labute approximate surface area is 391 Å². The summed E-state index contributed by atoms with van der Waals surface area (Å²) in [6.07, 6.45) is 26.5.